The zero-order valence-corrected chi connectivity index (χ0v) is 17.0. The largest absolute Gasteiger partial charge is 0.448 e. The van der Waals surface area contributed by atoms with Gasteiger partial charge in [0.25, 0.3) is 5.91 Å². The lowest BCUT2D eigenvalue weighted by Crippen LogP contribution is -2.35. The van der Waals surface area contributed by atoms with Gasteiger partial charge in [-0.25, -0.2) is 4.79 Å². The Hall–Kier alpha value is -3.48. The minimum atomic E-state index is -0.947. The minimum Gasteiger partial charge on any atom is -0.448 e. The monoisotopic (exact) mass is 392 g/mol. The predicted molar refractivity (Wildman–Crippen MR) is 109 cm³/mol. The van der Waals surface area contributed by atoms with Gasteiger partial charge >= 0.3 is 5.97 Å². The van der Waals surface area contributed by atoms with E-state index in [-0.39, 0.29) is 11.6 Å². The van der Waals surface area contributed by atoms with Crippen LogP contribution in [-0.4, -0.2) is 33.0 Å². The van der Waals surface area contributed by atoms with Gasteiger partial charge in [-0.2, -0.15) is 9.90 Å². The molecule has 1 amide bonds. The van der Waals surface area contributed by atoms with Crippen molar-refractivity contribution >= 4 is 11.9 Å². The molecule has 3 rings (SSSR count). The van der Waals surface area contributed by atoms with E-state index >= 15 is 0 Å². The standard InChI is InChI=1S/C22H24N4O3/c1-14-10-11-19(15(2)12-14)26-24-16(3)20(25-26)22(28)29-17(4)21(27)23-13-18-8-6-5-7-9-18/h5-12,17H,13H2,1-4H3,(H,23,27)/t17-/m1/s1. The molecule has 0 radical (unpaired) electrons. The number of amides is 1. The van der Waals surface area contributed by atoms with E-state index in [2.05, 4.69) is 15.5 Å². The van der Waals surface area contributed by atoms with E-state index in [0.717, 1.165) is 22.4 Å². The number of carbonyl (C=O) groups excluding carboxylic acids is 2. The minimum absolute atomic E-state index is 0.0904. The fourth-order valence-corrected chi connectivity index (χ4v) is 2.90. The SMILES string of the molecule is Cc1ccc(-n2nc(C)c(C(=O)O[C@H](C)C(=O)NCc3ccccc3)n2)c(C)c1. The molecule has 7 heteroatoms. The van der Waals surface area contributed by atoms with Crippen molar-refractivity contribution in [2.45, 2.75) is 40.3 Å². The van der Waals surface area contributed by atoms with Crippen molar-refractivity contribution in [3.05, 3.63) is 76.6 Å². The molecule has 150 valence electrons. The van der Waals surface area contributed by atoms with Crippen molar-refractivity contribution in [1.82, 2.24) is 20.3 Å². The van der Waals surface area contributed by atoms with Crippen molar-refractivity contribution in [3.63, 3.8) is 0 Å². The summed E-state index contributed by atoms with van der Waals surface area (Å²) in [5.74, 6) is -1.05. The van der Waals surface area contributed by atoms with Gasteiger partial charge in [0.15, 0.2) is 11.8 Å². The molecule has 1 aromatic heterocycles. The van der Waals surface area contributed by atoms with E-state index in [1.807, 2.05) is 62.4 Å². The van der Waals surface area contributed by atoms with Gasteiger partial charge in [-0.15, -0.1) is 5.10 Å². The molecule has 0 fully saturated rings. The quantitative estimate of drug-likeness (QED) is 0.652. The molecule has 1 N–H and O–H groups in total. The number of nitrogens with zero attached hydrogens (tertiary/aromatic N) is 3. The van der Waals surface area contributed by atoms with Crippen LogP contribution in [0.3, 0.4) is 0 Å². The summed E-state index contributed by atoms with van der Waals surface area (Å²) in [7, 11) is 0. The zero-order chi connectivity index (χ0) is 21.0. The lowest BCUT2D eigenvalue weighted by molar-refractivity contribution is -0.129. The number of rotatable bonds is 6. The third kappa shape index (κ3) is 4.87. The van der Waals surface area contributed by atoms with Crippen molar-refractivity contribution < 1.29 is 14.3 Å². The van der Waals surface area contributed by atoms with E-state index < -0.39 is 12.1 Å². The molecule has 7 nitrogen and oxygen atoms in total. The second-order valence-electron chi connectivity index (χ2n) is 6.96. The molecule has 3 aromatic rings. The van der Waals surface area contributed by atoms with Crippen LogP contribution >= 0.6 is 0 Å². The molecule has 0 spiro atoms. The summed E-state index contributed by atoms with van der Waals surface area (Å²) in [5, 5.41) is 11.4. The molecule has 0 unspecified atom stereocenters. The van der Waals surface area contributed by atoms with Crippen LogP contribution in [0.5, 0.6) is 0 Å². The number of hydrogen-bond donors (Lipinski definition) is 1. The molecular weight excluding hydrogens is 368 g/mol. The van der Waals surface area contributed by atoms with Crippen molar-refractivity contribution in [3.8, 4) is 5.69 Å². The predicted octanol–water partition coefficient (Wildman–Crippen LogP) is 3.05. The second kappa shape index (κ2) is 8.68. The number of carbonyl (C=O) groups is 2. The van der Waals surface area contributed by atoms with Crippen LogP contribution in [0.4, 0.5) is 0 Å². The van der Waals surface area contributed by atoms with Crippen LogP contribution in [-0.2, 0) is 16.1 Å². The fourth-order valence-electron chi connectivity index (χ4n) is 2.90. The maximum absolute atomic E-state index is 12.5. The molecule has 0 saturated heterocycles. The van der Waals surface area contributed by atoms with Crippen LogP contribution in [0, 0.1) is 20.8 Å². The van der Waals surface area contributed by atoms with Crippen molar-refractivity contribution in [2.75, 3.05) is 0 Å². The number of aromatic nitrogens is 3. The van der Waals surface area contributed by atoms with Crippen LogP contribution < -0.4 is 5.32 Å². The molecular formula is C22H24N4O3. The lowest BCUT2D eigenvalue weighted by atomic mass is 10.1. The summed E-state index contributed by atoms with van der Waals surface area (Å²) in [4.78, 5) is 26.2. The summed E-state index contributed by atoms with van der Waals surface area (Å²) in [5.41, 5.74) is 4.40. The first-order valence-corrected chi connectivity index (χ1v) is 9.39. The van der Waals surface area contributed by atoms with Gasteiger partial charge in [0.05, 0.1) is 11.4 Å². The Labute approximate surface area is 169 Å². The smallest absolute Gasteiger partial charge is 0.361 e. The number of ether oxygens (including phenoxy) is 1. The maximum atomic E-state index is 12.5. The van der Waals surface area contributed by atoms with Gasteiger partial charge in [-0.3, -0.25) is 4.79 Å². The number of nitrogens with one attached hydrogen (secondary N) is 1. The Balaban J connectivity index is 1.65. The Bertz CT molecular complexity index is 1030. The van der Waals surface area contributed by atoms with Crippen LogP contribution in [0.2, 0.25) is 0 Å². The van der Waals surface area contributed by atoms with E-state index in [1.165, 1.54) is 11.7 Å². The summed E-state index contributed by atoms with van der Waals surface area (Å²) < 4.78 is 5.30. The zero-order valence-electron chi connectivity index (χ0n) is 17.0. The number of aryl methyl sites for hydroxylation is 3. The fraction of sp³-hybridized carbons (Fsp3) is 0.273. The average molecular weight is 392 g/mol. The first-order valence-electron chi connectivity index (χ1n) is 9.39. The number of hydrogen-bond acceptors (Lipinski definition) is 5. The first-order chi connectivity index (χ1) is 13.8. The first kappa shape index (κ1) is 20.3. The van der Waals surface area contributed by atoms with Gasteiger partial charge in [-0.05, 0) is 44.9 Å². The number of esters is 1. The van der Waals surface area contributed by atoms with Crippen LogP contribution in [0.15, 0.2) is 48.5 Å². The summed E-state index contributed by atoms with van der Waals surface area (Å²) in [6.45, 7) is 7.54. The highest BCUT2D eigenvalue weighted by Crippen LogP contribution is 2.16. The third-order valence-electron chi connectivity index (χ3n) is 4.51. The average Bonchev–Trinajstić information content (AvgIpc) is 3.08. The van der Waals surface area contributed by atoms with E-state index in [0.29, 0.717) is 12.2 Å². The Kier molecular flexibility index (Phi) is 6.07. The number of benzene rings is 2. The Morgan fingerprint density at radius 3 is 2.48 bits per heavy atom. The van der Waals surface area contributed by atoms with Crippen molar-refractivity contribution in [2.24, 2.45) is 0 Å². The van der Waals surface area contributed by atoms with Gasteiger partial charge in [0, 0.05) is 6.54 Å². The molecule has 2 aromatic carbocycles. The maximum Gasteiger partial charge on any atom is 0.361 e. The summed E-state index contributed by atoms with van der Waals surface area (Å²) in [6, 6.07) is 15.4. The molecule has 0 aliphatic carbocycles. The van der Waals surface area contributed by atoms with Gasteiger partial charge < -0.3 is 10.1 Å². The Morgan fingerprint density at radius 2 is 1.79 bits per heavy atom. The van der Waals surface area contributed by atoms with Gasteiger partial charge in [0.2, 0.25) is 0 Å². The summed E-state index contributed by atoms with van der Waals surface area (Å²) in [6.07, 6.45) is -0.947. The van der Waals surface area contributed by atoms with Gasteiger partial charge in [0.1, 0.15) is 0 Å². The molecule has 1 atom stereocenters. The normalized spacial score (nSPS) is 11.7. The molecule has 0 aliphatic heterocycles. The highest BCUT2D eigenvalue weighted by Gasteiger charge is 2.23. The molecule has 0 bridgehead atoms. The molecule has 0 saturated carbocycles. The Morgan fingerprint density at radius 1 is 1.07 bits per heavy atom. The summed E-state index contributed by atoms with van der Waals surface area (Å²) >= 11 is 0. The highest BCUT2D eigenvalue weighted by molar-refractivity contribution is 5.91. The van der Waals surface area contributed by atoms with E-state index in [1.54, 1.807) is 6.92 Å². The third-order valence-corrected chi connectivity index (χ3v) is 4.51. The van der Waals surface area contributed by atoms with Crippen LogP contribution in [0.25, 0.3) is 5.69 Å². The molecule has 1 heterocycles. The van der Waals surface area contributed by atoms with E-state index in [9.17, 15) is 9.59 Å². The van der Waals surface area contributed by atoms with Crippen LogP contribution in [0.1, 0.15) is 39.8 Å². The second-order valence-corrected chi connectivity index (χ2v) is 6.96. The highest BCUT2D eigenvalue weighted by atomic mass is 16.5. The van der Waals surface area contributed by atoms with E-state index in [4.69, 9.17) is 4.74 Å². The van der Waals surface area contributed by atoms with Crippen molar-refractivity contribution in [1.29, 1.82) is 0 Å². The molecule has 29 heavy (non-hydrogen) atoms. The topological polar surface area (TPSA) is 86.1 Å². The lowest BCUT2D eigenvalue weighted by Gasteiger charge is -2.13. The van der Waals surface area contributed by atoms with Gasteiger partial charge in [-0.1, -0.05) is 48.0 Å². The molecule has 0 aliphatic rings.